The third-order valence-corrected chi connectivity index (χ3v) is 6.47. The van der Waals surface area contributed by atoms with E-state index in [1.807, 2.05) is 67.0 Å². The van der Waals surface area contributed by atoms with Crippen LogP contribution >= 0.6 is 11.3 Å². The van der Waals surface area contributed by atoms with Gasteiger partial charge in [-0.1, -0.05) is 42.5 Å². The molecule has 0 bridgehead atoms. The minimum Gasteiger partial charge on any atom is -0.396 e. The highest BCUT2D eigenvalue weighted by Crippen LogP contribution is 2.17. The Bertz CT molecular complexity index is 995. The molecule has 1 heterocycles. The first-order valence-electron chi connectivity index (χ1n) is 11.6. The molecule has 0 spiro atoms. The number of aliphatic hydroxyl groups is 2. The molecule has 0 radical (unpaired) electrons. The molecule has 34 heavy (non-hydrogen) atoms. The van der Waals surface area contributed by atoms with Gasteiger partial charge in [-0.2, -0.15) is 0 Å². The maximum absolute atomic E-state index is 12.3. The Morgan fingerprint density at radius 1 is 1.09 bits per heavy atom. The molecule has 0 aliphatic rings. The van der Waals surface area contributed by atoms with Gasteiger partial charge in [0, 0.05) is 37.8 Å². The average Bonchev–Trinajstić information content (AvgIpc) is 3.31. The van der Waals surface area contributed by atoms with Crippen LogP contribution in [0.25, 0.3) is 0 Å². The summed E-state index contributed by atoms with van der Waals surface area (Å²) in [7, 11) is 1.81. The Morgan fingerprint density at radius 3 is 2.53 bits per heavy atom. The van der Waals surface area contributed by atoms with E-state index in [1.54, 1.807) is 0 Å². The minimum absolute atomic E-state index is 0.0920. The maximum atomic E-state index is 12.3. The first-order chi connectivity index (χ1) is 16.6. The van der Waals surface area contributed by atoms with Crippen molar-refractivity contribution in [2.75, 3.05) is 43.9 Å². The molecule has 0 saturated carbocycles. The molecule has 1 atom stereocenters. The molecular formula is C26H34N4O3S. The van der Waals surface area contributed by atoms with Crippen molar-refractivity contribution in [3.63, 3.8) is 0 Å². The van der Waals surface area contributed by atoms with Crippen LogP contribution in [0.15, 0.2) is 60.0 Å². The zero-order valence-electron chi connectivity index (χ0n) is 19.6. The van der Waals surface area contributed by atoms with Gasteiger partial charge in [0.1, 0.15) is 0 Å². The van der Waals surface area contributed by atoms with E-state index >= 15 is 0 Å². The van der Waals surface area contributed by atoms with E-state index in [4.69, 9.17) is 5.11 Å². The van der Waals surface area contributed by atoms with E-state index in [-0.39, 0.29) is 18.9 Å². The molecule has 7 nitrogen and oxygen atoms in total. The molecule has 0 aliphatic carbocycles. The van der Waals surface area contributed by atoms with Gasteiger partial charge >= 0.3 is 0 Å². The number of nitrogens with zero attached hydrogens (tertiary/aromatic N) is 2. The first kappa shape index (κ1) is 25.8. The number of hydrogen-bond acceptors (Lipinski definition) is 7. The van der Waals surface area contributed by atoms with Crippen molar-refractivity contribution in [1.82, 2.24) is 9.88 Å². The van der Waals surface area contributed by atoms with E-state index < -0.39 is 6.10 Å². The van der Waals surface area contributed by atoms with Crippen LogP contribution in [-0.4, -0.2) is 59.3 Å². The molecule has 0 aliphatic heterocycles. The summed E-state index contributed by atoms with van der Waals surface area (Å²) in [5.74, 6) is -0.0920. The summed E-state index contributed by atoms with van der Waals surface area (Å²) in [6, 6.07) is 17.6. The summed E-state index contributed by atoms with van der Waals surface area (Å²) in [4.78, 5) is 18.9. The molecule has 4 N–H and O–H groups in total. The molecule has 2 aromatic carbocycles. The summed E-state index contributed by atoms with van der Waals surface area (Å²) in [6.45, 7) is 2.36. The van der Waals surface area contributed by atoms with E-state index in [0.717, 1.165) is 60.0 Å². The highest BCUT2D eigenvalue weighted by molar-refractivity contribution is 7.13. The van der Waals surface area contributed by atoms with Crippen LogP contribution in [0.4, 0.5) is 10.8 Å². The number of carbonyl (C=O) groups excluding carboxylic acids is 1. The van der Waals surface area contributed by atoms with Crippen molar-refractivity contribution in [3.8, 4) is 0 Å². The Hall–Kier alpha value is -2.78. The monoisotopic (exact) mass is 482 g/mol. The van der Waals surface area contributed by atoms with Gasteiger partial charge < -0.3 is 25.7 Å². The summed E-state index contributed by atoms with van der Waals surface area (Å²) < 4.78 is 0. The largest absolute Gasteiger partial charge is 0.396 e. The standard InChI is InChI=1S/C26H34N4O3S/c1-27-26-29-23(19-34-26)17-25(33)28-22-11-9-20(10-12-22)13-15-30(14-5-6-16-31)18-24(32)21-7-3-2-4-8-21/h2-4,7-12,19,24,31-32H,5-6,13-18H2,1H3,(H,27,29)(H,28,33). The van der Waals surface area contributed by atoms with Crippen LogP contribution in [0.3, 0.4) is 0 Å². The fourth-order valence-electron chi connectivity index (χ4n) is 3.68. The number of rotatable bonds is 14. The van der Waals surface area contributed by atoms with Crippen molar-refractivity contribution >= 4 is 28.1 Å². The molecule has 0 saturated heterocycles. The molecule has 1 unspecified atom stereocenters. The third-order valence-electron chi connectivity index (χ3n) is 5.56. The van der Waals surface area contributed by atoms with Gasteiger partial charge in [-0.05, 0) is 49.1 Å². The number of anilines is 2. The van der Waals surface area contributed by atoms with Crippen molar-refractivity contribution in [2.45, 2.75) is 31.8 Å². The zero-order valence-corrected chi connectivity index (χ0v) is 20.4. The van der Waals surface area contributed by atoms with Crippen LogP contribution in [0.1, 0.15) is 35.8 Å². The number of aliphatic hydroxyl groups excluding tert-OH is 2. The number of aromatic nitrogens is 1. The van der Waals surface area contributed by atoms with Crippen molar-refractivity contribution in [2.24, 2.45) is 0 Å². The zero-order chi connectivity index (χ0) is 24.2. The number of hydrogen-bond donors (Lipinski definition) is 4. The lowest BCUT2D eigenvalue weighted by molar-refractivity contribution is -0.115. The van der Waals surface area contributed by atoms with Crippen LogP contribution in [0.2, 0.25) is 0 Å². The maximum Gasteiger partial charge on any atom is 0.230 e. The predicted octanol–water partition coefficient (Wildman–Crippen LogP) is 3.72. The molecule has 3 rings (SSSR count). The van der Waals surface area contributed by atoms with Gasteiger partial charge in [0.15, 0.2) is 5.13 Å². The molecule has 3 aromatic rings. The van der Waals surface area contributed by atoms with Gasteiger partial charge in [0.2, 0.25) is 5.91 Å². The topological polar surface area (TPSA) is 97.7 Å². The average molecular weight is 483 g/mol. The fourth-order valence-corrected chi connectivity index (χ4v) is 4.35. The number of benzene rings is 2. The third kappa shape index (κ3) is 8.53. The van der Waals surface area contributed by atoms with Crippen LogP contribution in [-0.2, 0) is 17.6 Å². The van der Waals surface area contributed by atoms with Crippen molar-refractivity contribution in [1.29, 1.82) is 0 Å². The van der Waals surface area contributed by atoms with Gasteiger partial charge in [0.05, 0.1) is 18.2 Å². The van der Waals surface area contributed by atoms with Gasteiger partial charge in [0.25, 0.3) is 0 Å². The number of unbranched alkanes of at least 4 members (excludes halogenated alkanes) is 1. The van der Waals surface area contributed by atoms with E-state index in [9.17, 15) is 9.90 Å². The predicted molar refractivity (Wildman–Crippen MR) is 138 cm³/mol. The summed E-state index contributed by atoms with van der Waals surface area (Å²) in [5, 5.41) is 28.4. The molecular weight excluding hydrogens is 448 g/mol. The van der Waals surface area contributed by atoms with E-state index in [2.05, 4.69) is 20.5 Å². The second-order valence-corrected chi connectivity index (χ2v) is 9.08. The Balaban J connectivity index is 1.50. The summed E-state index contributed by atoms with van der Waals surface area (Å²) in [6.07, 6.45) is 2.17. The second kappa shape index (κ2) is 13.8. The highest BCUT2D eigenvalue weighted by atomic mass is 32.1. The lowest BCUT2D eigenvalue weighted by atomic mass is 10.1. The Morgan fingerprint density at radius 2 is 1.85 bits per heavy atom. The lowest BCUT2D eigenvalue weighted by Crippen LogP contribution is -2.32. The van der Waals surface area contributed by atoms with Crippen molar-refractivity contribution in [3.05, 3.63) is 76.8 Å². The number of amides is 1. The van der Waals surface area contributed by atoms with Crippen LogP contribution in [0, 0.1) is 0 Å². The molecule has 182 valence electrons. The van der Waals surface area contributed by atoms with Crippen LogP contribution < -0.4 is 10.6 Å². The Kier molecular flexibility index (Phi) is 10.5. The highest BCUT2D eigenvalue weighted by Gasteiger charge is 2.14. The smallest absolute Gasteiger partial charge is 0.230 e. The molecule has 1 aromatic heterocycles. The van der Waals surface area contributed by atoms with Crippen LogP contribution in [0.5, 0.6) is 0 Å². The number of nitrogens with one attached hydrogen (secondary N) is 2. The second-order valence-electron chi connectivity index (χ2n) is 8.22. The van der Waals surface area contributed by atoms with E-state index in [0.29, 0.717) is 6.54 Å². The normalized spacial score (nSPS) is 12.0. The van der Waals surface area contributed by atoms with Gasteiger partial charge in [-0.3, -0.25) is 4.79 Å². The SMILES string of the molecule is CNc1nc(CC(=O)Nc2ccc(CCN(CCCCO)CC(O)c3ccccc3)cc2)cs1. The fraction of sp³-hybridized carbons (Fsp3) is 0.385. The first-order valence-corrected chi connectivity index (χ1v) is 12.5. The van der Waals surface area contributed by atoms with Gasteiger partial charge in [-0.15, -0.1) is 11.3 Å². The summed E-state index contributed by atoms with van der Waals surface area (Å²) in [5.41, 5.74) is 3.59. The minimum atomic E-state index is -0.546. The number of thiazole rings is 1. The molecule has 0 fully saturated rings. The molecule has 1 amide bonds. The molecule has 8 heteroatoms. The van der Waals surface area contributed by atoms with Gasteiger partial charge in [-0.25, -0.2) is 4.98 Å². The summed E-state index contributed by atoms with van der Waals surface area (Å²) >= 11 is 1.48. The Labute approximate surface area is 205 Å². The van der Waals surface area contributed by atoms with E-state index in [1.165, 1.54) is 11.3 Å². The quantitative estimate of drug-likeness (QED) is 0.262. The lowest BCUT2D eigenvalue weighted by Gasteiger charge is -2.25. The van der Waals surface area contributed by atoms with Crippen molar-refractivity contribution < 1.29 is 15.0 Å². The number of carbonyl (C=O) groups is 1.